The molecule has 5 rings (SSSR count). The van der Waals surface area contributed by atoms with E-state index in [1.807, 2.05) is 30.3 Å². The predicted octanol–water partition coefficient (Wildman–Crippen LogP) is 6.11. The Balaban J connectivity index is 1.47. The highest BCUT2D eigenvalue weighted by Gasteiger charge is 2.36. The molecule has 2 atom stereocenters. The third-order valence-corrected chi connectivity index (χ3v) is 6.58. The first-order chi connectivity index (χ1) is 18.7. The molecule has 0 aliphatic heterocycles. The number of halogens is 4. The van der Waals surface area contributed by atoms with Crippen LogP contribution in [0.5, 0.6) is 0 Å². The minimum atomic E-state index is -4.75. The van der Waals surface area contributed by atoms with Crippen molar-refractivity contribution in [3.05, 3.63) is 113 Å². The van der Waals surface area contributed by atoms with Crippen LogP contribution in [0.1, 0.15) is 53.3 Å². The minimum absolute atomic E-state index is 0.0898. The molecule has 4 N–H and O–H groups in total. The third kappa shape index (κ3) is 6.30. The molecule has 4 aromatic rings. The van der Waals surface area contributed by atoms with Gasteiger partial charge in [-0.05, 0) is 65.8 Å². The summed E-state index contributed by atoms with van der Waals surface area (Å²) < 4.78 is 62.8. The standard InChI is InChI=1S/C29H28F4N4O2/c30-23-12-11-21(27(39-17-18-9-10-18)20-6-2-1-3-7-20)14-24(23)35-28(38)25-15-26(29(31,32)33)36-37(25)22-8-4-5-19(13-22)16-34/h1-8,11-15,18,27-28,35,38H,9-10,16-17,34H2. The zero-order valence-electron chi connectivity index (χ0n) is 20.9. The molecule has 2 unspecified atom stereocenters. The van der Waals surface area contributed by atoms with E-state index in [0.717, 1.165) is 29.2 Å². The summed E-state index contributed by atoms with van der Waals surface area (Å²) in [6, 6.07) is 21.0. The lowest BCUT2D eigenvalue weighted by Gasteiger charge is -2.21. The quantitative estimate of drug-likeness (QED) is 0.167. The first-order valence-corrected chi connectivity index (χ1v) is 12.6. The zero-order chi connectivity index (χ0) is 27.6. The Labute approximate surface area is 223 Å². The van der Waals surface area contributed by atoms with Gasteiger partial charge in [0.15, 0.2) is 11.9 Å². The molecule has 0 spiro atoms. The van der Waals surface area contributed by atoms with Crippen molar-refractivity contribution < 1.29 is 27.4 Å². The maximum atomic E-state index is 14.9. The fraction of sp³-hybridized carbons (Fsp3) is 0.276. The van der Waals surface area contributed by atoms with Gasteiger partial charge in [-0.1, -0.05) is 48.5 Å². The van der Waals surface area contributed by atoms with E-state index in [1.165, 1.54) is 12.1 Å². The molecule has 204 valence electrons. The molecule has 1 aromatic heterocycles. The van der Waals surface area contributed by atoms with Gasteiger partial charge in [-0.2, -0.15) is 18.3 Å². The van der Waals surface area contributed by atoms with Crippen LogP contribution in [0.25, 0.3) is 5.69 Å². The molecular weight excluding hydrogens is 512 g/mol. The monoisotopic (exact) mass is 540 g/mol. The fourth-order valence-electron chi connectivity index (χ4n) is 4.32. The number of hydrogen-bond acceptors (Lipinski definition) is 5. The van der Waals surface area contributed by atoms with Gasteiger partial charge >= 0.3 is 6.18 Å². The van der Waals surface area contributed by atoms with E-state index in [4.69, 9.17) is 10.5 Å². The van der Waals surface area contributed by atoms with Gasteiger partial charge in [0.25, 0.3) is 0 Å². The zero-order valence-corrected chi connectivity index (χ0v) is 20.9. The number of aliphatic hydroxyl groups is 1. The Bertz CT molecular complexity index is 1420. The lowest BCUT2D eigenvalue weighted by Crippen LogP contribution is -2.16. The molecule has 0 bridgehead atoms. The van der Waals surface area contributed by atoms with Crippen LogP contribution in [0.3, 0.4) is 0 Å². The molecular formula is C29H28F4N4O2. The number of nitrogens with two attached hydrogens (primary N) is 1. The SMILES string of the molecule is NCc1cccc(-n2nc(C(F)(F)F)cc2C(O)Nc2cc(C(OCC3CC3)c3ccccc3)ccc2F)c1. The average molecular weight is 541 g/mol. The number of anilines is 1. The van der Waals surface area contributed by atoms with Crippen molar-refractivity contribution in [2.75, 3.05) is 11.9 Å². The first-order valence-electron chi connectivity index (χ1n) is 12.6. The summed E-state index contributed by atoms with van der Waals surface area (Å²) in [5, 5.41) is 17.3. The van der Waals surface area contributed by atoms with E-state index in [0.29, 0.717) is 23.7 Å². The molecule has 0 amide bonds. The first kappa shape index (κ1) is 26.9. The highest BCUT2D eigenvalue weighted by atomic mass is 19.4. The van der Waals surface area contributed by atoms with Crippen LogP contribution in [-0.2, 0) is 17.5 Å². The normalized spacial score (nSPS) is 15.2. The topological polar surface area (TPSA) is 85.3 Å². The summed E-state index contributed by atoms with van der Waals surface area (Å²) >= 11 is 0. The van der Waals surface area contributed by atoms with Crippen molar-refractivity contribution >= 4 is 5.69 Å². The number of aromatic nitrogens is 2. The second-order valence-electron chi connectivity index (χ2n) is 9.59. The van der Waals surface area contributed by atoms with Gasteiger partial charge in [0.1, 0.15) is 11.9 Å². The molecule has 1 aliphatic carbocycles. The van der Waals surface area contributed by atoms with Gasteiger partial charge in [0, 0.05) is 6.54 Å². The minimum Gasteiger partial charge on any atom is -0.368 e. The molecule has 3 aromatic carbocycles. The highest BCUT2D eigenvalue weighted by molar-refractivity contribution is 5.51. The fourth-order valence-corrected chi connectivity index (χ4v) is 4.32. The van der Waals surface area contributed by atoms with E-state index in [1.54, 1.807) is 30.3 Å². The maximum Gasteiger partial charge on any atom is 0.435 e. The molecule has 0 radical (unpaired) electrons. The molecule has 1 heterocycles. The Morgan fingerprint density at radius 2 is 1.77 bits per heavy atom. The number of nitrogens with one attached hydrogen (secondary N) is 1. The summed E-state index contributed by atoms with van der Waals surface area (Å²) in [4.78, 5) is 0. The van der Waals surface area contributed by atoms with Crippen LogP contribution >= 0.6 is 0 Å². The van der Waals surface area contributed by atoms with Crippen LogP contribution in [0.4, 0.5) is 23.2 Å². The van der Waals surface area contributed by atoms with Gasteiger partial charge < -0.3 is 20.9 Å². The van der Waals surface area contributed by atoms with Gasteiger partial charge in [0.2, 0.25) is 0 Å². The van der Waals surface area contributed by atoms with Crippen molar-refractivity contribution in [3.8, 4) is 5.69 Å². The van der Waals surface area contributed by atoms with Crippen LogP contribution in [0.2, 0.25) is 0 Å². The largest absolute Gasteiger partial charge is 0.435 e. The molecule has 1 aliphatic rings. The van der Waals surface area contributed by atoms with Gasteiger partial charge in [-0.25, -0.2) is 9.07 Å². The Morgan fingerprint density at radius 3 is 2.46 bits per heavy atom. The Kier molecular flexibility index (Phi) is 7.69. The second-order valence-corrected chi connectivity index (χ2v) is 9.59. The molecule has 0 saturated heterocycles. The van der Waals surface area contributed by atoms with Crippen molar-refractivity contribution in [2.24, 2.45) is 11.7 Å². The van der Waals surface area contributed by atoms with Gasteiger partial charge in [-0.15, -0.1) is 0 Å². The lowest BCUT2D eigenvalue weighted by atomic mass is 10.0. The van der Waals surface area contributed by atoms with Crippen molar-refractivity contribution in [1.29, 1.82) is 0 Å². The number of ether oxygens (including phenoxy) is 1. The van der Waals surface area contributed by atoms with Crippen molar-refractivity contribution in [1.82, 2.24) is 9.78 Å². The van der Waals surface area contributed by atoms with Crippen LogP contribution in [0, 0.1) is 11.7 Å². The van der Waals surface area contributed by atoms with Crippen LogP contribution in [0.15, 0.2) is 78.9 Å². The number of hydrogen-bond donors (Lipinski definition) is 3. The number of alkyl halides is 3. The number of aliphatic hydroxyl groups excluding tert-OH is 1. The van der Waals surface area contributed by atoms with Crippen molar-refractivity contribution in [3.63, 3.8) is 0 Å². The maximum absolute atomic E-state index is 14.9. The third-order valence-electron chi connectivity index (χ3n) is 6.58. The van der Waals surface area contributed by atoms with Crippen LogP contribution < -0.4 is 11.1 Å². The predicted molar refractivity (Wildman–Crippen MR) is 138 cm³/mol. The number of nitrogens with zero attached hydrogens (tertiary/aromatic N) is 2. The van der Waals surface area contributed by atoms with E-state index >= 15 is 0 Å². The molecule has 6 nitrogen and oxygen atoms in total. The summed E-state index contributed by atoms with van der Waals surface area (Å²) in [6.45, 7) is 0.727. The van der Waals surface area contributed by atoms with E-state index in [2.05, 4.69) is 10.4 Å². The smallest absolute Gasteiger partial charge is 0.368 e. The molecule has 1 saturated carbocycles. The summed E-state index contributed by atoms with van der Waals surface area (Å²) in [5.41, 5.74) is 6.65. The summed E-state index contributed by atoms with van der Waals surface area (Å²) in [6.07, 6.45) is -4.75. The van der Waals surface area contributed by atoms with E-state index in [-0.39, 0.29) is 23.6 Å². The lowest BCUT2D eigenvalue weighted by molar-refractivity contribution is -0.141. The second kappa shape index (κ2) is 11.2. The number of rotatable bonds is 10. The molecule has 10 heteroatoms. The highest BCUT2D eigenvalue weighted by Crippen LogP contribution is 2.36. The summed E-state index contributed by atoms with van der Waals surface area (Å²) in [7, 11) is 0. The number of benzene rings is 3. The Hall–Kier alpha value is -3.73. The molecule has 39 heavy (non-hydrogen) atoms. The van der Waals surface area contributed by atoms with E-state index < -0.39 is 30.0 Å². The van der Waals surface area contributed by atoms with Crippen LogP contribution in [-0.4, -0.2) is 21.5 Å². The van der Waals surface area contributed by atoms with Gasteiger partial charge in [-0.3, -0.25) is 0 Å². The average Bonchev–Trinajstić information content (AvgIpc) is 3.64. The summed E-state index contributed by atoms with van der Waals surface area (Å²) in [5.74, 6) is -0.184. The van der Waals surface area contributed by atoms with Gasteiger partial charge in [0.05, 0.1) is 23.7 Å². The van der Waals surface area contributed by atoms with E-state index in [9.17, 15) is 22.7 Å². The molecule has 1 fully saturated rings. The Morgan fingerprint density at radius 1 is 1.00 bits per heavy atom. The van der Waals surface area contributed by atoms with Crippen molar-refractivity contribution in [2.45, 2.75) is 37.9 Å².